The van der Waals surface area contributed by atoms with Crippen LogP contribution < -0.4 is 15.4 Å². The predicted molar refractivity (Wildman–Crippen MR) is 93.7 cm³/mol. The number of nitrogens with zero attached hydrogens (tertiary/aromatic N) is 1. The Bertz CT molecular complexity index is 631. The molecule has 0 aliphatic carbocycles. The minimum absolute atomic E-state index is 0.170. The Morgan fingerprint density at radius 1 is 1.26 bits per heavy atom. The van der Waals surface area contributed by atoms with Gasteiger partial charge in [-0.05, 0) is 37.4 Å². The molecule has 124 valence electrons. The third kappa shape index (κ3) is 5.25. The van der Waals surface area contributed by atoms with Gasteiger partial charge in [0.05, 0.1) is 12.6 Å². The molecule has 4 nitrogen and oxygen atoms in total. The first kappa shape index (κ1) is 17.3. The van der Waals surface area contributed by atoms with E-state index in [0.29, 0.717) is 12.5 Å². The van der Waals surface area contributed by atoms with Gasteiger partial charge < -0.3 is 15.4 Å². The lowest BCUT2D eigenvalue weighted by Crippen LogP contribution is -2.42. The van der Waals surface area contributed by atoms with Crippen LogP contribution in [0.15, 0.2) is 46.8 Å². The van der Waals surface area contributed by atoms with E-state index in [-0.39, 0.29) is 23.7 Å². The number of para-hydroxylation sites is 1. The Hall–Kier alpha value is -2.08. The molecule has 0 radical (unpaired) electrons. The predicted octanol–water partition coefficient (Wildman–Crippen LogP) is 3.58. The van der Waals surface area contributed by atoms with Crippen LogP contribution in [-0.2, 0) is 0 Å². The Morgan fingerprint density at radius 3 is 2.70 bits per heavy atom. The first-order valence-electron chi connectivity index (χ1n) is 7.52. The molecule has 2 atom stereocenters. The SMILES string of the molecule is CN=C(NCC(C)Oc1ccccc1F)NC(C)c1cccs1. The Balaban J connectivity index is 1.82. The Kier molecular flexibility index (Phi) is 6.40. The number of nitrogens with one attached hydrogen (secondary N) is 2. The summed E-state index contributed by atoms with van der Waals surface area (Å²) in [5, 5.41) is 8.57. The Labute approximate surface area is 140 Å². The van der Waals surface area contributed by atoms with Crippen LogP contribution in [0.2, 0.25) is 0 Å². The van der Waals surface area contributed by atoms with Gasteiger partial charge in [-0.3, -0.25) is 4.99 Å². The van der Waals surface area contributed by atoms with Gasteiger partial charge in [-0.25, -0.2) is 4.39 Å². The van der Waals surface area contributed by atoms with E-state index in [1.54, 1.807) is 36.6 Å². The minimum atomic E-state index is -0.354. The summed E-state index contributed by atoms with van der Waals surface area (Å²) in [5.41, 5.74) is 0. The summed E-state index contributed by atoms with van der Waals surface area (Å²) >= 11 is 1.70. The zero-order chi connectivity index (χ0) is 16.7. The van der Waals surface area contributed by atoms with Crippen molar-refractivity contribution in [2.45, 2.75) is 26.0 Å². The lowest BCUT2D eigenvalue weighted by molar-refractivity contribution is 0.214. The number of rotatable bonds is 6. The van der Waals surface area contributed by atoms with Crippen molar-refractivity contribution in [3.63, 3.8) is 0 Å². The van der Waals surface area contributed by atoms with Gasteiger partial charge in [0.25, 0.3) is 0 Å². The maximum Gasteiger partial charge on any atom is 0.191 e. The summed E-state index contributed by atoms with van der Waals surface area (Å²) in [6.07, 6.45) is -0.192. The van der Waals surface area contributed by atoms with Gasteiger partial charge in [0.15, 0.2) is 17.5 Å². The summed E-state index contributed by atoms with van der Waals surface area (Å²) < 4.78 is 19.2. The molecular formula is C17H22FN3OS. The first-order chi connectivity index (χ1) is 11.1. The second-order valence-electron chi connectivity index (χ2n) is 5.19. The summed E-state index contributed by atoms with van der Waals surface area (Å²) in [7, 11) is 1.72. The highest BCUT2D eigenvalue weighted by atomic mass is 32.1. The monoisotopic (exact) mass is 335 g/mol. The number of thiophene rings is 1. The minimum Gasteiger partial charge on any atom is -0.486 e. The highest BCUT2D eigenvalue weighted by molar-refractivity contribution is 7.10. The summed E-state index contributed by atoms with van der Waals surface area (Å²) in [6.45, 7) is 4.48. The average Bonchev–Trinajstić information content (AvgIpc) is 3.08. The van der Waals surface area contributed by atoms with Crippen molar-refractivity contribution in [2.24, 2.45) is 4.99 Å². The second-order valence-corrected chi connectivity index (χ2v) is 6.17. The topological polar surface area (TPSA) is 45.7 Å². The molecule has 0 saturated carbocycles. The fraction of sp³-hybridized carbons (Fsp3) is 0.353. The van der Waals surface area contributed by atoms with Crippen molar-refractivity contribution >= 4 is 17.3 Å². The summed E-state index contributed by atoms with van der Waals surface area (Å²) in [4.78, 5) is 5.44. The number of halogens is 1. The van der Waals surface area contributed by atoms with Gasteiger partial charge in [-0.1, -0.05) is 18.2 Å². The van der Waals surface area contributed by atoms with Crippen molar-refractivity contribution in [3.8, 4) is 5.75 Å². The van der Waals surface area contributed by atoms with Gasteiger partial charge >= 0.3 is 0 Å². The van der Waals surface area contributed by atoms with Crippen LogP contribution in [0, 0.1) is 5.82 Å². The van der Waals surface area contributed by atoms with Crippen molar-refractivity contribution in [1.82, 2.24) is 10.6 Å². The zero-order valence-electron chi connectivity index (χ0n) is 13.5. The molecule has 0 amide bonds. The molecule has 0 aliphatic rings. The van der Waals surface area contributed by atoms with E-state index in [0.717, 1.165) is 0 Å². The van der Waals surface area contributed by atoms with E-state index >= 15 is 0 Å². The molecule has 0 aliphatic heterocycles. The molecular weight excluding hydrogens is 313 g/mol. The molecule has 6 heteroatoms. The van der Waals surface area contributed by atoms with Gasteiger partial charge in [0.1, 0.15) is 6.10 Å². The standard InChI is InChI=1S/C17H22FN3OS/c1-12(22-15-8-5-4-7-14(15)18)11-20-17(19-3)21-13(2)16-9-6-10-23-16/h4-10,12-13H,11H2,1-3H3,(H2,19,20,21). The molecule has 1 heterocycles. The lowest BCUT2D eigenvalue weighted by atomic mass is 10.3. The molecule has 2 rings (SSSR count). The van der Waals surface area contributed by atoms with Crippen LogP contribution in [0.25, 0.3) is 0 Å². The van der Waals surface area contributed by atoms with Crippen molar-refractivity contribution in [2.75, 3.05) is 13.6 Å². The van der Waals surface area contributed by atoms with Gasteiger partial charge in [0, 0.05) is 11.9 Å². The van der Waals surface area contributed by atoms with Crippen LogP contribution in [0.4, 0.5) is 4.39 Å². The van der Waals surface area contributed by atoms with E-state index in [1.807, 2.05) is 18.4 Å². The smallest absolute Gasteiger partial charge is 0.191 e. The second kappa shape index (κ2) is 8.53. The van der Waals surface area contributed by atoms with Crippen molar-refractivity contribution in [1.29, 1.82) is 0 Å². The number of guanidine groups is 1. The fourth-order valence-corrected chi connectivity index (χ4v) is 2.78. The molecule has 0 bridgehead atoms. The molecule has 2 unspecified atom stereocenters. The van der Waals surface area contributed by atoms with Crippen LogP contribution in [0.5, 0.6) is 5.75 Å². The quantitative estimate of drug-likeness (QED) is 0.626. The van der Waals surface area contributed by atoms with Gasteiger partial charge in [0.2, 0.25) is 0 Å². The van der Waals surface area contributed by atoms with Crippen LogP contribution in [0.1, 0.15) is 24.8 Å². The zero-order valence-corrected chi connectivity index (χ0v) is 14.4. The van der Waals surface area contributed by atoms with Crippen molar-refractivity contribution < 1.29 is 9.13 Å². The van der Waals surface area contributed by atoms with Crippen LogP contribution in [-0.4, -0.2) is 25.7 Å². The molecule has 2 aromatic rings. The third-order valence-corrected chi connectivity index (χ3v) is 4.32. The largest absolute Gasteiger partial charge is 0.486 e. The first-order valence-corrected chi connectivity index (χ1v) is 8.40. The Morgan fingerprint density at radius 2 is 2.04 bits per heavy atom. The maximum absolute atomic E-state index is 13.6. The molecule has 0 saturated heterocycles. The van der Waals surface area contributed by atoms with E-state index in [2.05, 4.69) is 28.6 Å². The molecule has 2 N–H and O–H groups in total. The molecule has 0 fully saturated rings. The number of ether oxygens (including phenoxy) is 1. The molecule has 1 aromatic carbocycles. The number of hydrogen-bond donors (Lipinski definition) is 2. The third-order valence-electron chi connectivity index (χ3n) is 3.27. The summed E-state index contributed by atoms with van der Waals surface area (Å²) in [5.74, 6) is 0.597. The van der Waals surface area contributed by atoms with Gasteiger partial charge in [-0.15, -0.1) is 11.3 Å². The van der Waals surface area contributed by atoms with Crippen molar-refractivity contribution in [3.05, 3.63) is 52.5 Å². The molecule has 23 heavy (non-hydrogen) atoms. The molecule has 1 aromatic heterocycles. The van der Waals surface area contributed by atoms with Crippen LogP contribution in [0.3, 0.4) is 0 Å². The normalized spacial score (nSPS) is 14.2. The lowest BCUT2D eigenvalue weighted by Gasteiger charge is -2.20. The van der Waals surface area contributed by atoms with Gasteiger partial charge in [-0.2, -0.15) is 0 Å². The van der Waals surface area contributed by atoms with E-state index < -0.39 is 0 Å². The van der Waals surface area contributed by atoms with E-state index in [4.69, 9.17) is 4.74 Å². The highest BCUT2D eigenvalue weighted by Crippen LogP contribution is 2.18. The summed E-state index contributed by atoms with van der Waals surface area (Å²) in [6, 6.07) is 10.7. The van der Waals surface area contributed by atoms with E-state index in [1.165, 1.54) is 10.9 Å². The molecule has 0 spiro atoms. The number of hydrogen-bond acceptors (Lipinski definition) is 3. The average molecular weight is 335 g/mol. The van der Waals surface area contributed by atoms with E-state index in [9.17, 15) is 4.39 Å². The maximum atomic E-state index is 13.6. The number of aliphatic imine (C=N–C) groups is 1. The number of benzene rings is 1. The fourth-order valence-electron chi connectivity index (χ4n) is 2.05. The van der Waals surface area contributed by atoms with Crippen LogP contribution >= 0.6 is 11.3 Å². The highest BCUT2D eigenvalue weighted by Gasteiger charge is 2.11.